The van der Waals surface area contributed by atoms with Gasteiger partial charge in [-0.1, -0.05) is 37.6 Å². The Morgan fingerprint density at radius 1 is 0.792 bits per heavy atom. The van der Waals surface area contributed by atoms with Crippen molar-refractivity contribution in [2.75, 3.05) is 13.1 Å². The van der Waals surface area contributed by atoms with Crippen LogP contribution in [0.3, 0.4) is 0 Å². The molecule has 0 aliphatic heterocycles. The molecule has 2 aromatic rings. The zero-order valence-corrected chi connectivity index (χ0v) is 31.6. The van der Waals surface area contributed by atoms with Crippen LogP contribution in [0.25, 0.3) is 11.3 Å². The molecule has 0 radical (unpaired) electrons. The number of carbonyl (C=O) groups excluding carboxylic acids is 4. The predicted molar refractivity (Wildman–Crippen MR) is 200 cm³/mol. The van der Waals surface area contributed by atoms with Crippen molar-refractivity contribution in [1.29, 1.82) is 0 Å². The fraction of sp³-hybridized carbons (Fsp3) is 0.559. The normalized spacial score (nSPS) is 14.9. The van der Waals surface area contributed by atoms with Gasteiger partial charge in [-0.05, 0) is 90.1 Å². The van der Waals surface area contributed by atoms with E-state index in [1.807, 2.05) is 24.3 Å². The maximum absolute atomic E-state index is 13.3. The van der Waals surface area contributed by atoms with Gasteiger partial charge in [-0.15, -0.1) is 0 Å². The zero-order chi connectivity index (χ0) is 39.7. The first kappa shape index (κ1) is 45.2. The van der Waals surface area contributed by atoms with Crippen molar-refractivity contribution >= 4 is 40.8 Å². The first-order valence-electron chi connectivity index (χ1n) is 17.8. The molecule has 17 nitrogen and oxygen atoms in total. The lowest BCUT2D eigenvalue weighted by Crippen LogP contribution is -2.60. The number of aromatic nitrogens is 1. The number of aliphatic hydroxyl groups is 1. The van der Waals surface area contributed by atoms with Crippen LogP contribution < -0.4 is 37.5 Å². The summed E-state index contributed by atoms with van der Waals surface area (Å²) in [4.78, 5) is 56.4. The van der Waals surface area contributed by atoms with Crippen LogP contribution >= 0.6 is 0 Å². The van der Waals surface area contributed by atoms with Gasteiger partial charge in [0.25, 0.3) is 0 Å². The van der Waals surface area contributed by atoms with Crippen LogP contribution in [-0.2, 0) is 35.6 Å². The summed E-state index contributed by atoms with van der Waals surface area (Å²) in [5.74, 6) is -4.42. The maximum atomic E-state index is 13.3. The molecule has 2 rings (SSSR count). The zero-order valence-electron chi connectivity index (χ0n) is 30.7. The topological polar surface area (TPSA) is 288 Å². The molecular formula is C34H55BN8O9S. The molecule has 294 valence electrons. The van der Waals surface area contributed by atoms with E-state index in [9.17, 15) is 42.8 Å². The van der Waals surface area contributed by atoms with Gasteiger partial charge in [0.15, 0.2) is 0 Å². The number of amides is 4. The third kappa shape index (κ3) is 14.8. The minimum absolute atomic E-state index is 0.106. The Bertz CT molecular complexity index is 1580. The standard InChI is InChI=1S/C34H55BN8O9S/c1-5-6-9-24-11-13-25(14-12-24)27-16-15-26(20-38-27)53(51,52)43-29(17-19-37)33(47)42-30(22(3)44)34(48)39-21(2)31(45)41-28(10-7-8-18-36)32(46)40-23(4)35(49)50/h11-16,20-23,28-30,43-44,49-50H,5-10,17-19,36-37H2,1-4H3,(H,39,48)(H,40,46)(H,41,45)(H,42,47)/t21-,22+,23-,28?,29-,30-/m0/s1. The molecule has 0 bridgehead atoms. The highest BCUT2D eigenvalue weighted by atomic mass is 32.2. The number of nitrogens with two attached hydrogens (primary N) is 2. The molecule has 6 atom stereocenters. The summed E-state index contributed by atoms with van der Waals surface area (Å²) in [5, 5.41) is 38.7. The van der Waals surface area contributed by atoms with Crippen molar-refractivity contribution in [2.24, 2.45) is 11.5 Å². The molecular weight excluding hydrogens is 707 g/mol. The van der Waals surface area contributed by atoms with Gasteiger partial charge in [-0.25, -0.2) is 8.42 Å². The quantitative estimate of drug-likeness (QED) is 0.0462. The summed E-state index contributed by atoms with van der Waals surface area (Å²) in [6, 6.07) is 5.32. The number of aryl methyl sites for hydroxylation is 1. The number of unbranched alkanes of at least 4 members (excludes halogenated alkanes) is 2. The molecule has 1 unspecified atom stereocenters. The Labute approximate surface area is 311 Å². The molecule has 0 aliphatic rings. The number of sulfonamides is 1. The summed E-state index contributed by atoms with van der Waals surface area (Å²) >= 11 is 0. The minimum Gasteiger partial charge on any atom is -0.426 e. The van der Waals surface area contributed by atoms with E-state index in [4.69, 9.17) is 11.5 Å². The monoisotopic (exact) mass is 762 g/mol. The summed E-state index contributed by atoms with van der Waals surface area (Å²) < 4.78 is 28.9. The molecule has 0 saturated carbocycles. The lowest BCUT2D eigenvalue weighted by molar-refractivity contribution is -0.135. The van der Waals surface area contributed by atoms with Crippen LogP contribution in [0.5, 0.6) is 0 Å². The SMILES string of the molecule is CCCCc1ccc(-c2ccc(S(=O)(=O)N[C@@H](CCN)C(=O)N[C@H](C(=O)N[C@@H](C)C(=O)NC(CCCCN)C(=O)N[C@@H](C)B(O)O)[C@@H](C)O)cn2)cc1. The van der Waals surface area contributed by atoms with Gasteiger partial charge in [0.2, 0.25) is 33.7 Å². The maximum Gasteiger partial charge on any atom is 0.475 e. The van der Waals surface area contributed by atoms with E-state index in [1.54, 1.807) is 6.07 Å². The van der Waals surface area contributed by atoms with E-state index in [-0.39, 0.29) is 24.3 Å². The van der Waals surface area contributed by atoms with Gasteiger partial charge in [-0.2, -0.15) is 4.72 Å². The van der Waals surface area contributed by atoms with E-state index < -0.39 is 77.0 Å². The van der Waals surface area contributed by atoms with E-state index >= 15 is 0 Å². The average molecular weight is 763 g/mol. The van der Waals surface area contributed by atoms with Crippen LogP contribution in [0.15, 0.2) is 47.5 Å². The lowest BCUT2D eigenvalue weighted by Gasteiger charge is -2.26. The molecule has 0 saturated heterocycles. The van der Waals surface area contributed by atoms with E-state index in [1.165, 1.54) is 38.6 Å². The van der Waals surface area contributed by atoms with Crippen molar-refractivity contribution < 1.29 is 42.8 Å². The van der Waals surface area contributed by atoms with Gasteiger partial charge in [0.05, 0.1) is 17.7 Å². The molecule has 1 aromatic heterocycles. The van der Waals surface area contributed by atoms with Crippen LogP contribution in [0.4, 0.5) is 0 Å². The van der Waals surface area contributed by atoms with Gasteiger partial charge >= 0.3 is 7.12 Å². The minimum atomic E-state index is -4.30. The first-order valence-corrected chi connectivity index (χ1v) is 19.3. The third-order valence-corrected chi connectivity index (χ3v) is 9.85. The number of hydrogen-bond acceptors (Lipinski definition) is 12. The first-order chi connectivity index (χ1) is 25.0. The molecule has 4 amide bonds. The number of nitrogens with one attached hydrogen (secondary N) is 5. The van der Waals surface area contributed by atoms with Crippen molar-refractivity contribution in [1.82, 2.24) is 31.0 Å². The van der Waals surface area contributed by atoms with Crippen molar-refractivity contribution in [3.05, 3.63) is 48.2 Å². The highest BCUT2D eigenvalue weighted by Crippen LogP contribution is 2.20. The molecule has 0 aliphatic carbocycles. The summed E-state index contributed by atoms with van der Waals surface area (Å²) in [6.45, 7) is 6.26. The number of rotatable bonds is 23. The van der Waals surface area contributed by atoms with Crippen LogP contribution in [0.2, 0.25) is 0 Å². The molecule has 1 aromatic carbocycles. The fourth-order valence-electron chi connectivity index (χ4n) is 5.08. The second-order valence-electron chi connectivity index (χ2n) is 12.9. The molecule has 1 heterocycles. The Morgan fingerprint density at radius 2 is 1.45 bits per heavy atom. The average Bonchev–Trinajstić information content (AvgIpc) is 3.12. The number of pyridine rings is 1. The highest BCUT2D eigenvalue weighted by Gasteiger charge is 2.33. The van der Waals surface area contributed by atoms with Crippen LogP contribution in [-0.4, -0.2) is 109 Å². The smallest absolute Gasteiger partial charge is 0.426 e. The third-order valence-electron chi connectivity index (χ3n) is 8.40. The van der Waals surface area contributed by atoms with E-state index in [0.29, 0.717) is 25.1 Å². The predicted octanol–water partition coefficient (Wildman–Crippen LogP) is -1.41. The molecule has 0 spiro atoms. The number of nitrogens with zero attached hydrogens (tertiary/aromatic N) is 1. The molecule has 0 fully saturated rings. The van der Waals surface area contributed by atoms with Crippen molar-refractivity contribution in [2.45, 2.75) is 114 Å². The lowest BCUT2D eigenvalue weighted by atomic mass is 9.81. The number of benzene rings is 1. The summed E-state index contributed by atoms with van der Waals surface area (Å²) in [5.41, 5.74) is 13.8. The van der Waals surface area contributed by atoms with E-state index in [0.717, 1.165) is 24.8 Å². The van der Waals surface area contributed by atoms with Crippen LogP contribution in [0, 0.1) is 0 Å². The van der Waals surface area contributed by atoms with Crippen LogP contribution in [0.1, 0.15) is 71.8 Å². The van der Waals surface area contributed by atoms with Gasteiger partial charge in [0, 0.05) is 11.8 Å². The summed E-state index contributed by atoms with van der Waals surface area (Å²) in [7, 11) is -6.14. The van der Waals surface area contributed by atoms with Gasteiger partial charge in [0.1, 0.15) is 29.1 Å². The fourth-order valence-corrected chi connectivity index (χ4v) is 6.26. The van der Waals surface area contributed by atoms with E-state index in [2.05, 4.69) is 37.9 Å². The molecule has 53 heavy (non-hydrogen) atoms. The number of hydrogen-bond donors (Lipinski definition) is 10. The molecule has 19 heteroatoms. The Hall–Kier alpha value is -3.98. The highest BCUT2D eigenvalue weighted by molar-refractivity contribution is 7.89. The Kier molecular flexibility index (Phi) is 19.0. The number of aliphatic hydroxyl groups excluding tert-OH is 1. The molecule has 12 N–H and O–H groups in total. The largest absolute Gasteiger partial charge is 0.475 e. The van der Waals surface area contributed by atoms with Gasteiger partial charge < -0.3 is 47.9 Å². The van der Waals surface area contributed by atoms with Crippen molar-refractivity contribution in [3.8, 4) is 11.3 Å². The second kappa shape index (κ2) is 22.3. The number of carbonyl (C=O) groups is 4. The van der Waals surface area contributed by atoms with Crippen molar-refractivity contribution in [3.63, 3.8) is 0 Å². The summed E-state index contributed by atoms with van der Waals surface area (Å²) in [6.07, 6.45) is 3.83. The Balaban J connectivity index is 2.11. The second-order valence-corrected chi connectivity index (χ2v) is 14.7. The Morgan fingerprint density at radius 3 is 2.00 bits per heavy atom. The van der Waals surface area contributed by atoms with Gasteiger partial charge in [-0.3, -0.25) is 24.2 Å².